The third-order valence-electron chi connectivity index (χ3n) is 4.11. The number of carbonyl (C=O) groups excluding carboxylic acids is 1. The van der Waals surface area contributed by atoms with Crippen molar-refractivity contribution in [1.82, 2.24) is 19.5 Å². The Bertz CT molecular complexity index is 823. The van der Waals surface area contributed by atoms with Gasteiger partial charge < -0.3 is 24.8 Å². The van der Waals surface area contributed by atoms with Crippen molar-refractivity contribution in [2.24, 2.45) is 5.41 Å². The summed E-state index contributed by atoms with van der Waals surface area (Å²) < 4.78 is 12.2. The molecular weight excluding hydrogens is 376 g/mol. The van der Waals surface area contributed by atoms with Crippen LogP contribution in [0, 0.1) is 5.41 Å². The molecule has 2 aromatic heterocycles. The second-order valence-corrected chi connectivity index (χ2v) is 8.09. The lowest BCUT2D eigenvalue weighted by molar-refractivity contribution is -0.150. The number of hydrogen-bond donors (Lipinski definition) is 3. The number of aromatic nitrogens is 4. The van der Waals surface area contributed by atoms with Crippen LogP contribution < -0.4 is 0 Å². The van der Waals surface area contributed by atoms with Gasteiger partial charge in [-0.25, -0.2) is 15.0 Å². The van der Waals surface area contributed by atoms with Crippen molar-refractivity contribution in [3.63, 3.8) is 0 Å². The van der Waals surface area contributed by atoms with Crippen LogP contribution in [0.4, 0.5) is 0 Å². The maximum Gasteiger partial charge on any atom is 0.312 e. The van der Waals surface area contributed by atoms with E-state index in [4.69, 9.17) is 9.47 Å². The molecule has 11 heteroatoms. The van der Waals surface area contributed by atoms with Crippen molar-refractivity contribution >= 4 is 28.9 Å². The first kappa shape index (κ1) is 20.0. The number of hydrogen-bond acceptors (Lipinski definition) is 10. The first-order valence-electron chi connectivity index (χ1n) is 8.34. The second kappa shape index (κ2) is 7.68. The fourth-order valence-corrected chi connectivity index (χ4v) is 3.27. The van der Waals surface area contributed by atoms with Crippen molar-refractivity contribution in [3.8, 4) is 0 Å². The Labute approximate surface area is 159 Å². The summed E-state index contributed by atoms with van der Waals surface area (Å²) in [6.45, 7) is 4.89. The number of nitrogens with zero attached hydrogens (tertiary/aromatic N) is 4. The van der Waals surface area contributed by atoms with Crippen LogP contribution in [0.3, 0.4) is 0 Å². The molecule has 0 bridgehead atoms. The number of carbonyl (C=O) groups is 1. The highest BCUT2D eigenvalue weighted by molar-refractivity contribution is 7.99. The SMILES string of the molecule is CC(C)(C)C(=O)OCSc1ncnc2c1ncn2[C@@H]1O[C@H](CO)[C@@H](O)[C@H]1O. The smallest absolute Gasteiger partial charge is 0.312 e. The maximum atomic E-state index is 11.8. The van der Waals surface area contributed by atoms with Gasteiger partial charge in [-0.1, -0.05) is 11.8 Å². The maximum absolute atomic E-state index is 11.8. The summed E-state index contributed by atoms with van der Waals surface area (Å²) in [6, 6.07) is 0. The van der Waals surface area contributed by atoms with Crippen LogP contribution in [0.25, 0.3) is 11.2 Å². The molecule has 0 spiro atoms. The molecule has 0 aromatic carbocycles. The summed E-state index contributed by atoms with van der Waals surface area (Å²) in [7, 11) is 0. The van der Waals surface area contributed by atoms with E-state index in [1.165, 1.54) is 29.0 Å². The average molecular weight is 398 g/mol. The van der Waals surface area contributed by atoms with Gasteiger partial charge >= 0.3 is 5.97 Å². The van der Waals surface area contributed by atoms with Crippen LogP contribution in [0.1, 0.15) is 27.0 Å². The van der Waals surface area contributed by atoms with Crippen molar-refractivity contribution in [2.75, 3.05) is 12.5 Å². The fourth-order valence-electron chi connectivity index (χ4n) is 2.59. The van der Waals surface area contributed by atoms with E-state index in [1.54, 1.807) is 20.8 Å². The van der Waals surface area contributed by atoms with Crippen LogP contribution in [0.5, 0.6) is 0 Å². The summed E-state index contributed by atoms with van der Waals surface area (Å²) in [5.74, 6) is -0.250. The van der Waals surface area contributed by atoms with Gasteiger partial charge in [0.1, 0.15) is 41.1 Å². The largest absolute Gasteiger partial charge is 0.454 e. The molecule has 1 aliphatic heterocycles. The van der Waals surface area contributed by atoms with Crippen molar-refractivity contribution in [2.45, 2.75) is 50.3 Å². The van der Waals surface area contributed by atoms with Gasteiger partial charge in [-0.3, -0.25) is 9.36 Å². The number of aliphatic hydroxyl groups excluding tert-OH is 3. The molecule has 1 fully saturated rings. The molecule has 148 valence electrons. The Balaban J connectivity index is 1.78. The molecule has 0 saturated carbocycles. The minimum atomic E-state index is -1.24. The van der Waals surface area contributed by atoms with Gasteiger partial charge in [0.15, 0.2) is 11.9 Å². The predicted molar refractivity (Wildman–Crippen MR) is 94.6 cm³/mol. The van der Waals surface area contributed by atoms with Crippen molar-refractivity contribution in [1.29, 1.82) is 0 Å². The van der Waals surface area contributed by atoms with Gasteiger partial charge in [-0.2, -0.15) is 0 Å². The van der Waals surface area contributed by atoms with Crippen LogP contribution in [-0.2, 0) is 14.3 Å². The lowest BCUT2D eigenvalue weighted by Crippen LogP contribution is -2.33. The van der Waals surface area contributed by atoms with E-state index < -0.39 is 36.6 Å². The van der Waals surface area contributed by atoms with Gasteiger partial charge in [-0.05, 0) is 20.8 Å². The lowest BCUT2D eigenvalue weighted by Gasteiger charge is -2.17. The molecule has 3 rings (SSSR count). The minimum Gasteiger partial charge on any atom is -0.454 e. The zero-order chi connectivity index (χ0) is 19.8. The highest BCUT2D eigenvalue weighted by Gasteiger charge is 2.44. The molecule has 1 saturated heterocycles. The molecule has 3 N–H and O–H groups in total. The van der Waals surface area contributed by atoms with E-state index in [0.29, 0.717) is 16.2 Å². The molecule has 2 aromatic rings. The van der Waals surface area contributed by atoms with Crippen LogP contribution in [0.2, 0.25) is 0 Å². The second-order valence-electron chi connectivity index (χ2n) is 7.18. The van der Waals surface area contributed by atoms with E-state index in [2.05, 4.69) is 15.0 Å². The Kier molecular flexibility index (Phi) is 5.68. The third kappa shape index (κ3) is 3.92. The highest BCUT2D eigenvalue weighted by atomic mass is 32.2. The molecule has 0 unspecified atom stereocenters. The van der Waals surface area contributed by atoms with Crippen LogP contribution in [0.15, 0.2) is 17.7 Å². The summed E-state index contributed by atoms with van der Waals surface area (Å²) in [6.07, 6.45) is -1.53. The van der Waals surface area contributed by atoms with E-state index >= 15 is 0 Å². The first-order chi connectivity index (χ1) is 12.7. The Morgan fingerprint density at radius 3 is 2.67 bits per heavy atom. The number of esters is 1. The summed E-state index contributed by atoms with van der Waals surface area (Å²) in [4.78, 5) is 24.4. The molecule has 27 heavy (non-hydrogen) atoms. The number of imidazole rings is 1. The number of aliphatic hydroxyl groups is 3. The Hall–Kier alpha value is -1.79. The molecule has 0 radical (unpaired) electrons. The highest BCUT2D eigenvalue weighted by Crippen LogP contribution is 2.32. The lowest BCUT2D eigenvalue weighted by atomic mass is 9.98. The molecule has 10 nitrogen and oxygen atoms in total. The zero-order valence-corrected chi connectivity index (χ0v) is 16.0. The molecule has 1 aliphatic rings. The van der Waals surface area contributed by atoms with Gasteiger partial charge in [0.25, 0.3) is 0 Å². The van der Waals surface area contributed by atoms with E-state index in [-0.39, 0.29) is 11.9 Å². The number of ether oxygens (including phenoxy) is 2. The summed E-state index contributed by atoms with van der Waals surface area (Å²) >= 11 is 1.19. The quantitative estimate of drug-likeness (QED) is 0.274. The molecule has 3 heterocycles. The third-order valence-corrected chi connectivity index (χ3v) is 4.92. The average Bonchev–Trinajstić information content (AvgIpc) is 3.16. The molecule has 0 aliphatic carbocycles. The van der Waals surface area contributed by atoms with Gasteiger partial charge in [0.2, 0.25) is 0 Å². The number of thioether (sulfide) groups is 1. The Morgan fingerprint density at radius 2 is 2.04 bits per heavy atom. The van der Waals surface area contributed by atoms with E-state index in [9.17, 15) is 20.1 Å². The minimum absolute atomic E-state index is 0.0724. The summed E-state index contributed by atoms with van der Waals surface area (Å²) in [5, 5.41) is 29.9. The van der Waals surface area contributed by atoms with Crippen molar-refractivity contribution < 1.29 is 29.6 Å². The fraction of sp³-hybridized carbons (Fsp3) is 0.625. The van der Waals surface area contributed by atoms with E-state index in [1.807, 2.05) is 0 Å². The number of rotatable bonds is 5. The van der Waals surface area contributed by atoms with Crippen molar-refractivity contribution in [3.05, 3.63) is 12.7 Å². The summed E-state index contributed by atoms with van der Waals surface area (Å²) in [5.41, 5.74) is 0.250. The Morgan fingerprint density at radius 1 is 1.30 bits per heavy atom. The monoisotopic (exact) mass is 398 g/mol. The molecule has 0 amide bonds. The van der Waals surface area contributed by atoms with Gasteiger partial charge in [0, 0.05) is 0 Å². The topological polar surface area (TPSA) is 140 Å². The molecule has 4 atom stereocenters. The van der Waals surface area contributed by atoms with Crippen LogP contribution in [-0.4, -0.2) is 71.7 Å². The van der Waals surface area contributed by atoms with E-state index in [0.717, 1.165) is 0 Å². The molecular formula is C16H22N4O6S. The standard InChI is InChI=1S/C16H22N4O6S/c1-16(2,3)15(24)25-7-27-13-9-12(17-5-18-13)20(6-19-9)14-11(23)10(22)8(4-21)26-14/h5-6,8,10-11,14,21-23H,4,7H2,1-3H3/t8-,10-,11-,14-/m1/s1. The van der Waals surface area contributed by atoms with Gasteiger partial charge in [-0.15, -0.1) is 0 Å². The predicted octanol–water partition coefficient (Wildman–Crippen LogP) is 0.0767. The number of fused-ring (bicyclic) bond motifs is 1. The first-order valence-corrected chi connectivity index (χ1v) is 9.32. The normalized spacial score (nSPS) is 25.9. The van der Waals surface area contributed by atoms with Crippen LogP contribution >= 0.6 is 11.8 Å². The van der Waals surface area contributed by atoms with Gasteiger partial charge in [0.05, 0.1) is 18.3 Å². The zero-order valence-electron chi connectivity index (χ0n) is 15.1.